The van der Waals surface area contributed by atoms with Crippen LogP contribution in [0.25, 0.3) is 0 Å². The molecule has 0 aliphatic carbocycles. The number of rotatable bonds is 5. The van der Waals surface area contributed by atoms with Gasteiger partial charge in [0.1, 0.15) is 0 Å². The number of piperazine rings is 1. The van der Waals surface area contributed by atoms with Gasteiger partial charge in [0, 0.05) is 45.8 Å². The third-order valence-corrected chi connectivity index (χ3v) is 6.61. The van der Waals surface area contributed by atoms with E-state index in [4.69, 9.17) is 9.47 Å². The standard InChI is InChI=1S/C16H24FN3O4S/c1-23-16-3-2-14(12-15(16)17)13-18-4-6-19(7-5-18)25(21,22)20-8-10-24-11-9-20/h2-3,12H,4-11,13H2,1H3. The number of morpholine rings is 1. The predicted octanol–water partition coefficient (Wildman–Crippen LogP) is 0.529. The molecular formula is C16H24FN3O4S. The fraction of sp³-hybridized carbons (Fsp3) is 0.625. The van der Waals surface area contributed by atoms with Gasteiger partial charge in [0.25, 0.3) is 10.2 Å². The molecule has 0 radical (unpaired) electrons. The number of ether oxygens (including phenoxy) is 2. The van der Waals surface area contributed by atoms with Gasteiger partial charge in [-0.15, -0.1) is 0 Å². The summed E-state index contributed by atoms with van der Waals surface area (Å²) in [6.45, 7) is 4.43. The van der Waals surface area contributed by atoms with E-state index in [9.17, 15) is 12.8 Å². The summed E-state index contributed by atoms with van der Waals surface area (Å²) in [5.41, 5.74) is 0.850. The van der Waals surface area contributed by atoms with Crippen molar-refractivity contribution in [3.63, 3.8) is 0 Å². The second-order valence-electron chi connectivity index (χ2n) is 6.16. The molecule has 2 heterocycles. The molecule has 0 amide bonds. The Bertz CT molecular complexity index is 687. The van der Waals surface area contributed by atoms with Gasteiger partial charge in [-0.3, -0.25) is 4.90 Å². The Kier molecular flexibility index (Phi) is 5.90. The lowest BCUT2D eigenvalue weighted by molar-refractivity contribution is 0.0684. The molecule has 2 fully saturated rings. The van der Waals surface area contributed by atoms with Gasteiger partial charge in [-0.05, 0) is 17.7 Å². The average molecular weight is 373 g/mol. The predicted molar refractivity (Wildman–Crippen MR) is 91.1 cm³/mol. The molecule has 0 spiro atoms. The van der Waals surface area contributed by atoms with Crippen LogP contribution in [0.5, 0.6) is 5.75 Å². The molecule has 0 N–H and O–H groups in total. The first kappa shape index (κ1) is 18.5. The third-order valence-electron chi connectivity index (χ3n) is 4.58. The van der Waals surface area contributed by atoms with E-state index in [1.54, 1.807) is 6.07 Å². The lowest BCUT2D eigenvalue weighted by atomic mass is 10.2. The van der Waals surface area contributed by atoms with Crippen LogP contribution in [0.2, 0.25) is 0 Å². The average Bonchev–Trinajstić information content (AvgIpc) is 2.63. The van der Waals surface area contributed by atoms with Crippen LogP contribution in [0.1, 0.15) is 5.56 Å². The molecule has 0 saturated carbocycles. The zero-order chi connectivity index (χ0) is 17.9. The Balaban J connectivity index is 1.55. The highest BCUT2D eigenvalue weighted by Gasteiger charge is 2.33. The van der Waals surface area contributed by atoms with Crippen LogP contribution in [0.15, 0.2) is 18.2 Å². The van der Waals surface area contributed by atoms with Crippen LogP contribution in [-0.2, 0) is 21.5 Å². The van der Waals surface area contributed by atoms with Gasteiger partial charge >= 0.3 is 0 Å². The van der Waals surface area contributed by atoms with Crippen molar-refractivity contribution in [3.8, 4) is 5.75 Å². The molecule has 0 bridgehead atoms. The smallest absolute Gasteiger partial charge is 0.282 e. The Hall–Kier alpha value is -1.26. The number of benzene rings is 1. The monoisotopic (exact) mass is 373 g/mol. The minimum Gasteiger partial charge on any atom is -0.494 e. The summed E-state index contributed by atoms with van der Waals surface area (Å²) < 4.78 is 52.2. The first-order valence-electron chi connectivity index (χ1n) is 8.38. The van der Waals surface area contributed by atoms with Crippen molar-refractivity contribution in [2.75, 3.05) is 59.6 Å². The molecular weight excluding hydrogens is 349 g/mol. The summed E-state index contributed by atoms with van der Waals surface area (Å²) in [4.78, 5) is 2.13. The summed E-state index contributed by atoms with van der Waals surface area (Å²) in [5.74, 6) is -0.154. The number of hydrogen-bond acceptors (Lipinski definition) is 5. The maximum Gasteiger partial charge on any atom is 0.282 e. The molecule has 7 nitrogen and oxygen atoms in total. The second-order valence-corrected chi connectivity index (χ2v) is 8.09. The number of hydrogen-bond donors (Lipinski definition) is 0. The molecule has 2 saturated heterocycles. The first-order valence-corrected chi connectivity index (χ1v) is 9.78. The first-order chi connectivity index (χ1) is 12.0. The number of halogens is 1. The maximum atomic E-state index is 13.8. The lowest BCUT2D eigenvalue weighted by Crippen LogP contribution is -2.54. The van der Waals surface area contributed by atoms with Crippen molar-refractivity contribution in [1.82, 2.24) is 13.5 Å². The molecule has 0 atom stereocenters. The molecule has 9 heteroatoms. The van der Waals surface area contributed by atoms with E-state index < -0.39 is 10.2 Å². The SMILES string of the molecule is COc1ccc(CN2CCN(S(=O)(=O)N3CCOCC3)CC2)cc1F. The minimum absolute atomic E-state index is 0.227. The second kappa shape index (κ2) is 7.96. The van der Waals surface area contributed by atoms with Gasteiger partial charge in [0.15, 0.2) is 11.6 Å². The van der Waals surface area contributed by atoms with E-state index in [1.165, 1.54) is 21.8 Å². The van der Waals surface area contributed by atoms with Crippen molar-refractivity contribution in [1.29, 1.82) is 0 Å². The quantitative estimate of drug-likeness (QED) is 0.754. The third kappa shape index (κ3) is 4.29. The molecule has 0 unspecified atom stereocenters. The number of methoxy groups -OCH3 is 1. The van der Waals surface area contributed by atoms with Crippen molar-refractivity contribution < 1.29 is 22.3 Å². The number of nitrogens with zero attached hydrogens (tertiary/aromatic N) is 3. The van der Waals surface area contributed by atoms with Crippen LogP contribution in [-0.4, -0.2) is 81.5 Å². The minimum atomic E-state index is -3.41. The van der Waals surface area contributed by atoms with Crippen LogP contribution >= 0.6 is 0 Å². The highest BCUT2D eigenvalue weighted by Crippen LogP contribution is 2.20. The molecule has 25 heavy (non-hydrogen) atoms. The highest BCUT2D eigenvalue weighted by molar-refractivity contribution is 7.86. The zero-order valence-corrected chi connectivity index (χ0v) is 15.2. The summed E-state index contributed by atoms with van der Waals surface area (Å²) >= 11 is 0. The Morgan fingerprint density at radius 1 is 1.08 bits per heavy atom. The van der Waals surface area contributed by atoms with Gasteiger partial charge in [-0.2, -0.15) is 17.0 Å². The van der Waals surface area contributed by atoms with Crippen molar-refractivity contribution >= 4 is 10.2 Å². The summed E-state index contributed by atoms with van der Waals surface area (Å²) in [6.07, 6.45) is 0. The Morgan fingerprint density at radius 2 is 1.72 bits per heavy atom. The van der Waals surface area contributed by atoms with Gasteiger partial charge < -0.3 is 9.47 Å². The van der Waals surface area contributed by atoms with Gasteiger partial charge in [0.05, 0.1) is 20.3 Å². The van der Waals surface area contributed by atoms with E-state index in [1.807, 2.05) is 6.07 Å². The van der Waals surface area contributed by atoms with Crippen molar-refractivity contribution in [3.05, 3.63) is 29.6 Å². The van der Waals surface area contributed by atoms with Crippen molar-refractivity contribution in [2.45, 2.75) is 6.54 Å². The van der Waals surface area contributed by atoms with Gasteiger partial charge in [-0.25, -0.2) is 4.39 Å². The van der Waals surface area contributed by atoms with E-state index >= 15 is 0 Å². The van der Waals surface area contributed by atoms with Gasteiger partial charge in [-0.1, -0.05) is 6.07 Å². The summed E-state index contributed by atoms with van der Waals surface area (Å²) in [6, 6.07) is 4.91. The molecule has 1 aromatic carbocycles. The van der Waals surface area contributed by atoms with E-state index in [-0.39, 0.29) is 11.6 Å². The zero-order valence-electron chi connectivity index (χ0n) is 14.4. The molecule has 3 rings (SSSR count). The molecule has 2 aliphatic rings. The topological polar surface area (TPSA) is 62.3 Å². The molecule has 0 aromatic heterocycles. The Labute approximate surface area is 148 Å². The van der Waals surface area contributed by atoms with Gasteiger partial charge in [0.2, 0.25) is 0 Å². The van der Waals surface area contributed by atoms with E-state index in [0.29, 0.717) is 59.0 Å². The van der Waals surface area contributed by atoms with Crippen LogP contribution in [0.4, 0.5) is 4.39 Å². The van der Waals surface area contributed by atoms with Crippen LogP contribution in [0, 0.1) is 5.82 Å². The molecule has 2 aliphatic heterocycles. The summed E-state index contributed by atoms with van der Waals surface area (Å²) in [5, 5.41) is 0. The molecule has 1 aromatic rings. The Morgan fingerprint density at radius 3 is 2.32 bits per heavy atom. The van der Waals surface area contributed by atoms with Crippen LogP contribution < -0.4 is 4.74 Å². The lowest BCUT2D eigenvalue weighted by Gasteiger charge is -2.37. The normalized spacial score (nSPS) is 21.4. The van der Waals surface area contributed by atoms with Crippen molar-refractivity contribution in [2.24, 2.45) is 0 Å². The largest absolute Gasteiger partial charge is 0.494 e. The summed E-state index contributed by atoms with van der Waals surface area (Å²) in [7, 11) is -1.98. The molecule has 140 valence electrons. The van der Waals surface area contributed by atoms with E-state index in [2.05, 4.69) is 4.90 Å². The fourth-order valence-electron chi connectivity index (χ4n) is 3.13. The van der Waals surface area contributed by atoms with E-state index in [0.717, 1.165) is 5.56 Å². The fourth-order valence-corrected chi connectivity index (χ4v) is 4.69. The van der Waals surface area contributed by atoms with Crippen LogP contribution in [0.3, 0.4) is 0 Å². The highest BCUT2D eigenvalue weighted by atomic mass is 32.2. The maximum absolute atomic E-state index is 13.8.